The van der Waals surface area contributed by atoms with Crippen LogP contribution < -0.4 is 14.8 Å². The summed E-state index contributed by atoms with van der Waals surface area (Å²) in [4.78, 5) is 13.4. The smallest absolute Gasteiger partial charge is 0.255 e. The first-order chi connectivity index (χ1) is 16.1. The van der Waals surface area contributed by atoms with Gasteiger partial charge in [-0.05, 0) is 79.6 Å². The first-order valence-corrected chi connectivity index (χ1v) is 13.2. The van der Waals surface area contributed by atoms with Crippen LogP contribution in [0.25, 0.3) is 0 Å². The number of rotatable bonds is 8. The van der Waals surface area contributed by atoms with E-state index in [0.717, 1.165) is 41.7 Å². The van der Waals surface area contributed by atoms with Crippen molar-refractivity contribution in [1.82, 2.24) is 9.62 Å². The molecule has 0 spiro atoms. The Morgan fingerprint density at radius 1 is 0.941 bits per heavy atom. The van der Waals surface area contributed by atoms with Crippen molar-refractivity contribution in [2.45, 2.75) is 63.8 Å². The third-order valence-corrected chi connectivity index (χ3v) is 8.32. The van der Waals surface area contributed by atoms with Gasteiger partial charge in [0.25, 0.3) is 5.91 Å². The molecule has 3 rings (SSSR count). The molecule has 1 aliphatic heterocycles. The zero-order valence-electron chi connectivity index (χ0n) is 21.0. The molecule has 1 fully saturated rings. The van der Waals surface area contributed by atoms with Crippen LogP contribution in [0.5, 0.6) is 11.5 Å². The maximum absolute atomic E-state index is 13.3. The van der Waals surface area contributed by atoms with E-state index in [-0.39, 0.29) is 28.3 Å². The average Bonchev–Trinajstić information content (AvgIpc) is 2.83. The van der Waals surface area contributed by atoms with E-state index < -0.39 is 10.0 Å². The van der Waals surface area contributed by atoms with Crippen molar-refractivity contribution in [2.75, 3.05) is 27.3 Å². The predicted molar refractivity (Wildman–Crippen MR) is 133 cm³/mol. The summed E-state index contributed by atoms with van der Waals surface area (Å²) < 4.78 is 38.7. The number of hydrogen-bond acceptors (Lipinski definition) is 5. The molecule has 0 radical (unpaired) electrons. The quantitative estimate of drug-likeness (QED) is 0.577. The maximum atomic E-state index is 13.3. The molecule has 7 nitrogen and oxygen atoms in total. The molecular formula is C26H36N2O5S. The van der Waals surface area contributed by atoms with Gasteiger partial charge in [-0.25, -0.2) is 8.42 Å². The number of carbonyl (C=O) groups excluding carboxylic acids is 1. The summed E-state index contributed by atoms with van der Waals surface area (Å²) in [7, 11) is -0.545. The Morgan fingerprint density at radius 3 is 2.18 bits per heavy atom. The number of hydrogen-bond donors (Lipinski definition) is 1. The van der Waals surface area contributed by atoms with E-state index in [2.05, 4.69) is 25.2 Å². The molecule has 34 heavy (non-hydrogen) atoms. The fraction of sp³-hybridized carbons (Fsp3) is 0.500. The Hall–Kier alpha value is -2.58. The Kier molecular flexibility index (Phi) is 8.25. The summed E-state index contributed by atoms with van der Waals surface area (Å²) in [5.41, 5.74) is 3.25. The number of sulfonamides is 1. The molecule has 1 saturated heterocycles. The van der Waals surface area contributed by atoms with Crippen molar-refractivity contribution >= 4 is 15.9 Å². The summed E-state index contributed by atoms with van der Waals surface area (Å²) in [6.45, 7) is 9.09. The van der Waals surface area contributed by atoms with E-state index in [9.17, 15) is 13.2 Å². The molecule has 0 saturated carbocycles. The predicted octanol–water partition coefficient (Wildman–Crippen LogP) is 4.80. The van der Waals surface area contributed by atoms with Gasteiger partial charge in [0.2, 0.25) is 10.0 Å². The highest BCUT2D eigenvalue weighted by Gasteiger charge is 2.28. The van der Waals surface area contributed by atoms with E-state index in [1.54, 1.807) is 13.2 Å². The number of aryl methyl sites for hydroxylation is 1. The van der Waals surface area contributed by atoms with Gasteiger partial charge in [-0.15, -0.1) is 0 Å². The lowest BCUT2D eigenvalue weighted by atomic mass is 9.93. The number of benzene rings is 2. The second-order valence-corrected chi connectivity index (χ2v) is 11.1. The monoisotopic (exact) mass is 488 g/mol. The van der Waals surface area contributed by atoms with Crippen LogP contribution in [-0.2, 0) is 10.0 Å². The number of nitrogens with one attached hydrogen (secondary N) is 1. The normalized spacial score (nSPS) is 15.7. The molecule has 1 aliphatic rings. The van der Waals surface area contributed by atoms with Crippen molar-refractivity contribution in [1.29, 1.82) is 0 Å². The molecule has 2 aromatic rings. The molecule has 0 bridgehead atoms. The van der Waals surface area contributed by atoms with Gasteiger partial charge in [0.1, 0.15) is 11.5 Å². The molecule has 0 aliphatic carbocycles. The van der Waals surface area contributed by atoms with Crippen molar-refractivity contribution in [2.24, 2.45) is 0 Å². The topological polar surface area (TPSA) is 84.9 Å². The third kappa shape index (κ3) is 5.39. The van der Waals surface area contributed by atoms with E-state index in [0.29, 0.717) is 18.8 Å². The molecule has 2 aromatic carbocycles. The van der Waals surface area contributed by atoms with Crippen LogP contribution in [0.4, 0.5) is 0 Å². The zero-order valence-corrected chi connectivity index (χ0v) is 21.8. The number of carbonyl (C=O) groups is 1. The molecule has 1 amide bonds. The van der Waals surface area contributed by atoms with Gasteiger partial charge in [0.05, 0.1) is 30.7 Å². The number of nitrogens with zero attached hydrogens (tertiary/aromatic N) is 1. The van der Waals surface area contributed by atoms with Crippen LogP contribution >= 0.6 is 0 Å². The van der Waals surface area contributed by atoms with Gasteiger partial charge in [0, 0.05) is 13.1 Å². The molecular weight excluding hydrogens is 452 g/mol. The Bertz CT molecular complexity index is 1140. The van der Waals surface area contributed by atoms with Crippen LogP contribution in [0, 0.1) is 6.92 Å². The van der Waals surface area contributed by atoms with Crippen LogP contribution in [0.15, 0.2) is 35.2 Å². The molecule has 186 valence electrons. The number of ether oxygens (including phenoxy) is 2. The Morgan fingerprint density at radius 2 is 1.59 bits per heavy atom. The van der Waals surface area contributed by atoms with Crippen molar-refractivity contribution in [3.8, 4) is 11.5 Å². The van der Waals surface area contributed by atoms with Gasteiger partial charge in [0.15, 0.2) is 0 Å². The van der Waals surface area contributed by atoms with E-state index in [1.807, 2.05) is 19.9 Å². The summed E-state index contributed by atoms with van der Waals surface area (Å²) in [6, 6.07) is 8.23. The summed E-state index contributed by atoms with van der Waals surface area (Å²) in [5, 5.41) is 3.02. The second kappa shape index (κ2) is 10.8. The molecule has 1 atom stereocenters. The minimum absolute atomic E-state index is 0.107. The van der Waals surface area contributed by atoms with Crippen molar-refractivity contribution in [3.05, 3.63) is 52.6 Å². The van der Waals surface area contributed by atoms with Crippen molar-refractivity contribution in [3.63, 3.8) is 0 Å². The molecule has 1 heterocycles. The van der Waals surface area contributed by atoms with Crippen LogP contribution in [0.3, 0.4) is 0 Å². The highest BCUT2D eigenvalue weighted by Crippen LogP contribution is 2.33. The highest BCUT2D eigenvalue weighted by molar-refractivity contribution is 7.89. The summed E-state index contributed by atoms with van der Waals surface area (Å²) in [6.07, 6.45) is 2.73. The van der Waals surface area contributed by atoms with Gasteiger partial charge >= 0.3 is 0 Å². The lowest BCUT2D eigenvalue weighted by Crippen LogP contribution is -2.35. The standard InChI is InChI=1S/C26H36N2O5S/c1-17(2)21-16-22(18(3)14-25(21)33-6)19(4)27-26(29)23-15-20(10-11-24(23)32-5)34(30,31)28-12-8-7-9-13-28/h10-11,14-17,19H,7-9,12-13H2,1-6H3,(H,27,29)/t19-/m0/s1. The average molecular weight is 489 g/mol. The fourth-order valence-electron chi connectivity index (χ4n) is 4.44. The minimum Gasteiger partial charge on any atom is -0.496 e. The molecule has 1 N–H and O–H groups in total. The van der Waals surface area contributed by atoms with Gasteiger partial charge < -0.3 is 14.8 Å². The lowest BCUT2D eigenvalue weighted by Gasteiger charge is -2.26. The van der Waals surface area contributed by atoms with Gasteiger partial charge in [-0.3, -0.25) is 4.79 Å². The molecule has 0 unspecified atom stereocenters. The first kappa shape index (κ1) is 26.0. The SMILES string of the molecule is COc1ccc(S(=O)(=O)N2CCCCC2)cc1C(=O)N[C@@H](C)c1cc(C(C)C)c(OC)cc1C. The summed E-state index contributed by atoms with van der Waals surface area (Å²) in [5.74, 6) is 1.03. The highest BCUT2D eigenvalue weighted by atomic mass is 32.2. The maximum Gasteiger partial charge on any atom is 0.255 e. The molecule has 0 aromatic heterocycles. The van der Waals surface area contributed by atoms with E-state index in [4.69, 9.17) is 9.47 Å². The van der Waals surface area contributed by atoms with Crippen LogP contribution in [-0.4, -0.2) is 45.9 Å². The lowest BCUT2D eigenvalue weighted by molar-refractivity contribution is 0.0936. The van der Waals surface area contributed by atoms with Gasteiger partial charge in [-0.2, -0.15) is 4.31 Å². The number of methoxy groups -OCH3 is 2. The minimum atomic E-state index is -3.67. The third-order valence-electron chi connectivity index (χ3n) is 6.42. The number of amides is 1. The summed E-state index contributed by atoms with van der Waals surface area (Å²) >= 11 is 0. The second-order valence-electron chi connectivity index (χ2n) is 9.13. The van der Waals surface area contributed by atoms with Crippen LogP contribution in [0.2, 0.25) is 0 Å². The van der Waals surface area contributed by atoms with E-state index in [1.165, 1.54) is 23.5 Å². The fourth-order valence-corrected chi connectivity index (χ4v) is 5.99. The number of piperidine rings is 1. The Balaban J connectivity index is 1.91. The van der Waals surface area contributed by atoms with Crippen molar-refractivity contribution < 1.29 is 22.7 Å². The van der Waals surface area contributed by atoms with E-state index >= 15 is 0 Å². The first-order valence-electron chi connectivity index (χ1n) is 11.8. The largest absolute Gasteiger partial charge is 0.496 e. The molecule has 8 heteroatoms. The Labute approximate surface area is 203 Å². The zero-order chi connectivity index (χ0) is 25.0. The van der Waals surface area contributed by atoms with Gasteiger partial charge in [-0.1, -0.05) is 20.3 Å². The van der Waals surface area contributed by atoms with Crippen LogP contribution in [0.1, 0.15) is 79.0 Å².